The largest absolute Gasteiger partial charge is 0.489 e. The Morgan fingerprint density at radius 2 is 1.95 bits per heavy atom. The van der Waals surface area contributed by atoms with Crippen LogP contribution in [0.15, 0.2) is 12.1 Å². The van der Waals surface area contributed by atoms with Gasteiger partial charge in [0.15, 0.2) is 0 Å². The number of hydrogen-bond acceptors (Lipinski definition) is 3. The van der Waals surface area contributed by atoms with Crippen LogP contribution in [0.4, 0.5) is 0 Å². The van der Waals surface area contributed by atoms with E-state index in [1.807, 2.05) is 6.07 Å². The summed E-state index contributed by atoms with van der Waals surface area (Å²) in [5.41, 5.74) is 0.902. The van der Waals surface area contributed by atoms with Gasteiger partial charge in [-0.25, -0.2) is 0 Å². The quantitative estimate of drug-likeness (QED) is 0.810. The lowest BCUT2D eigenvalue weighted by Crippen LogP contribution is -2.20. The maximum Gasteiger partial charge on any atom is 0.142 e. The molecule has 0 bridgehead atoms. The maximum atomic E-state index is 9.29. The Hall–Kier alpha value is -0.480. The van der Waals surface area contributed by atoms with E-state index >= 15 is 0 Å². The summed E-state index contributed by atoms with van der Waals surface area (Å²) >= 11 is 12.1. The van der Waals surface area contributed by atoms with Crippen molar-refractivity contribution in [2.24, 2.45) is 5.92 Å². The minimum Gasteiger partial charge on any atom is -0.489 e. The fraction of sp³-hybridized carbons (Fsp3) is 0.571. The smallest absolute Gasteiger partial charge is 0.142 e. The van der Waals surface area contributed by atoms with Crippen LogP contribution in [0.2, 0.25) is 10.0 Å². The molecule has 0 aliphatic carbocycles. The molecule has 0 radical (unpaired) electrons. The van der Waals surface area contributed by atoms with Gasteiger partial charge in [-0.2, -0.15) is 0 Å². The van der Waals surface area contributed by atoms with Gasteiger partial charge >= 0.3 is 0 Å². The highest BCUT2D eigenvalue weighted by Crippen LogP contribution is 2.32. The summed E-state index contributed by atoms with van der Waals surface area (Å²) in [6, 6.07) is 3.48. The third-order valence-electron chi connectivity index (χ3n) is 2.42. The van der Waals surface area contributed by atoms with E-state index in [0.29, 0.717) is 28.3 Å². The highest BCUT2D eigenvalue weighted by molar-refractivity contribution is 6.35. The highest BCUT2D eigenvalue weighted by Gasteiger charge is 2.12. The average molecular weight is 306 g/mol. The Morgan fingerprint density at radius 3 is 2.53 bits per heavy atom. The Bertz CT molecular complexity index is 409. The van der Waals surface area contributed by atoms with E-state index in [9.17, 15) is 5.11 Å². The second kappa shape index (κ2) is 7.95. The SMILES string of the molecule is CC(C)CNCc1cc(Cl)cc(Cl)c1OCC(C)O. The summed E-state index contributed by atoms with van der Waals surface area (Å²) in [6.45, 7) is 7.69. The van der Waals surface area contributed by atoms with Gasteiger partial charge < -0.3 is 15.2 Å². The van der Waals surface area contributed by atoms with Gasteiger partial charge in [-0.05, 0) is 31.5 Å². The van der Waals surface area contributed by atoms with Crippen molar-refractivity contribution in [2.45, 2.75) is 33.4 Å². The number of nitrogens with one attached hydrogen (secondary N) is 1. The molecule has 1 rings (SSSR count). The Balaban J connectivity index is 2.80. The molecular formula is C14H21Cl2NO2. The molecule has 0 saturated heterocycles. The second-order valence-electron chi connectivity index (χ2n) is 5.06. The topological polar surface area (TPSA) is 41.5 Å². The molecule has 3 nitrogen and oxygen atoms in total. The molecule has 0 spiro atoms. The maximum absolute atomic E-state index is 9.29. The monoisotopic (exact) mass is 305 g/mol. The van der Waals surface area contributed by atoms with Crippen LogP contribution < -0.4 is 10.1 Å². The van der Waals surface area contributed by atoms with E-state index in [2.05, 4.69) is 19.2 Å². The van der Waals surface area contributed by atoms with Crippen LogP contribution in [0.1, 0.15) is 26.3 Å². The van der Waals surface area contributed by atoms with Crippen molar-refractivity contribution in [1.29, 1.82) is 0 Å². The molecule has 0 amide bonds. The van der Waals surface area contributed by atoms with Crippen molar-refractivity contribution < 1.29 is 9.84 Å². The summed E-state index contributed by atoms with van der Waals surface area (Å²) in [4.78, 5) is 0. The fourth-order valence-corrected chi connectivity index (χ4v) is 2.20. The molecule has 1 aromatic carbocycles. The molecule has 0 aromatic heterocycles. The fourth-order valence-electron chi connectivity index (χ4n) is 1.61. The van der Waals surface area contributed by atoms with E-state index in [1.54, 1.807) is 13.0 Å². The summed E-state index contributed by atoms with van der Waals surface area (Å²) in [5, 5.41) is 13.7. The number of aliphatic hydroxyl groups is 1. The van der Waals surface area contributed by atoms with E-state index in [1.165, 1.54) is 0 Å². The van der Waals surface area contributed by atoms with Crippen molar-refractivity contribution in [2.75, 3.05) is 13.2 Å². The van der Waals surface area contributed by atoms with Crippen LogP contribution >= 0.6 is 23.2 Å². The van der Waals surface area contributed by atoms with Crippen molar-refractivity contribution >= 4 is 23.2 Å². The molecule has 5 heteroatoms. The number of hydrogen-bond donors (Lipinski definition) is 2. The molecule has 19 heavy (non-hydrogen) atoms. The first-order valence-corrected chi connectivity index (χ1v) is 7.15. The molecule has 0 aliphatic heterocycles. The van der Waals surface area contributed by atoms with Crippen LogP contribution in [-0.4, -0.2) is 24.4 Å². The minimum atomic E-state index is -0.539. The molecule has 0 fully saturated rings. The average Bonchev–Trinajstić information content (AvgIpc) is 2.26. The molecule has 1 aromatic rings. The van der Waals surface area contributed by atoms with Gasteiger partial charge in [-0.1, -0.05) is 37.0 Å². The highest BCUT2D eigenvalue weighted by atomic mass is 35.5. The molecule has 1 unspecified atom stereocenters. The second-order valence-corrected chi connectivity index (χ2v) is 5.90. The van der Waals surface area contributed by atoms with E-state index < -0.39 is 6.10 Å². The molecule has 0 aliphatic rings. The predicted octanol–water partition coefficient (Wildman–Crippen LogP) is 3.50. The summed E-state index contributed by atoms with van der Waals surface area (Å²) in [5.74, 6) is 1.15. The minimum absolute atomic E-state index is 0.207. The number of aliphatic hydroxyl groups excluding tert-OH is 1. The van der Waals surface area contributed by atoms with Gasteiger partial charge in [-0.15, -0.1) is 0 Å². The first-order valence-electron chi connectivity index (χ1n) is 6.39. The van der Waals surface area contributed by atoms with Crippen LogP contribution in [0.25, 0.3) is 0 Å². The molecule has 108 valence electrons. The van der Waals surface area contributed by atoms with Crippen molar-refractivity contribution in [3.8, 4) is 5.75 Å². The van der Waals surface area contributed by atoms with Crippen LogP contribution in [0.5, 0.6) is 5.75 Å². The van der Waals surface area contributed by atoms with Crippen LogP contribution in [0.3, 0.4) is 0 Å². The number of halogens is 2. The number of benzene rings is 1. The first kappa shape index (κ1) is 16.6. The van der Waals surface area contributed by atoms with Gasteiger partial charge in [-0.3, -0.25) is 0 Å². The van der Waals surface area contributed by atoms with Crippen LogP contribution in [-0.2, 0) is 6.54 Å². The third kappa shape index (κ3) is 6.00. The van der Waals surface area contributed by atoms with E-state index in [-0.39, 0.29) is 6.61 Å². The third-order valence-corrected chi connectivity index (χ3v) is 2.92. The van der Waals surface area contributed by atoms with Crippen molar-refractivity contribution in [3.63, 3.8) is 0 Å². The van der Waals surface area contributed by atoms with E-state index in [4.69, 9.17) is 27.9 Å². The molecule has 0 saturated carbocycles. The summed E-state index contributed by atoms with van der Waals surface area (Å²) in [6.07, 6.45) is -0.539. The van der Waals surface area contributed by atoms with E-state index in [0.717, 1.165) is 12.1 Å². The summed E-state index contributed by atoms with van der Waals surface area (Å²) < 4.78 is 5.56. The van der Waals surface area contributed by atoms with Gasteiger partial charge in [0.25, 0.3) is 0 Å². The Kier molecular flexibility index (Phi) is 6.94. The predicted molar refractivity (Wildman–Crippen MR) is 80.2 cm³/mol. The Labute approximate surface area is 124 Å². The Morgan fingerprint density at radius 1 is 1.26 bits per heavy atom. The lowest BCUT2D eigenvalue weighted by atomic mass is 10.1. The molecule has 1 atom stereocenters. The van der Waals surface area contributed by atoms with Crippen molar-refractivity contribution in [3.05, 3.63) is 27.7 Å². The van der Waals surface area contributed by atoms with Gasteiger partial charge in [0.1, 0.15) is 12.4 Å². The summed E-state index contributed by atoms with van der Waals surface area (Å²) in [7, 11) is 0. The zero-order valence-electron chi connectivity index (χ0n) is 11.5. The lowest BCUT2D eigenvalue weighted by Gasteiger charge is -2.16. The normalized spacial score (nSPS) is 12.8. The molecular weight excluding hydrogens is 285 g/mol. The number of rotatable bonds is 7. The number of ether oxygens (including phenoxy) is 1. The van der Waals surface area contributed by atoms with Crippen LogP contribution in [0, 0.1) is 5.92 Å². The molecule has 0 heterocycles. The standard InChI is InChI=1S/C14H21Cl2NO2/c1-9(2)6-17-7-11-4-12(15)5-13(16)14(11)19-8-10(3)18/h4-5,9-10,17-18H,6-8H2,1-3H3. The van der Waals surface area contributed by atoms with Crippen molar-refractivity contribution in [1.82, 2.24) is 5.32 Å². The lowest BCUT2D eigenvalue weighted by molar-refractivity contribution is 0.122. The molecule has 2 N–H and O–H groups in total. The first-order chi connectivity index (χ1) is 8.90. The van der Waals surface area contributed by atoms with Gasteiger partial charge in [0.05, 0.1) is 11.1 Å². The van der Waals surface area contributed by atoms with Gasteiger partial charge in [0, 0.05) is 17.1 Å². The zero-order chi connectivity index (χ0) is 14.4. The van der Waals surface area contributed by atoms with Gasteiger partial charge in [0.2, 0.25) is 0 Å². The zero-order valence-corrected chi connectivity index (χ0v) is 13.1.